The molecule has 1 fully saturated rings. The molecule has 1 amide bonds. The predicted octanol–water partition coefficient (Wildman–Crippen LogP) is 5.19. The summed E-state index contributed by atoms with van der Waals surface area (Å²) < 4.78 is 18.1. The average Bonchev–Trinajstić information content (AvgIpc) is 2.75. The van der Waals surface area contributed by atoms with Gasteiger partial charge in [-0.15, -0.1) is 4.52 Å². The first kappa shape index (κ1) is 25.5. The van der Waals surface area contributed by atoms with Gasteiger partial charge in [0, 0.05) is 6.42 Å². The summed E-state index contributed by atoms with van der Waals surface area (Å²) in [5, 5.41) is 12.5. The highest BCUT2D eigenvalue weighted by molar-refractivity contribution is 7.39. The number of aryl methyl sites for hydroxylation is 1. The summed E-state index contributed by atoms with van der Waals surface area (Å²) in [6.07, 6.45) is 7.07. The SMILES string of the molecule is CC(C)CC(C[P+](=O)OCC(NC(=O)CCc1ccccc1)C1CCCCC1)C(=O)O. The van der Waals surface area contributed by atoms with Crippen LogP contribution in [0.2, 0.25) is 0 Å². The molecule has 1 saturated carbocycles. The highest BCUT2D eigenvalue weighted by Gasteiger charge is 2.33. The minimum atomic E-state index is -2.09. The zero-order valence-corrected chi connectivity index (χ0v) is 19.7. The van der Waals surface area contributed by atoms with Crippen molar-refractivity contribution in [2.24, 2.45) is 17.8 Å². The lowest BCUT2D eigenvalue weighted by Gasteiger charge is -2.29. The van der Waals surface area contributed by atoms with Crippen LogP contribution in [0.3, 0.4) is 0 Å². The van der Waals surface area contributed by atoms with Crippen molar-refractivity contribution in [3.05, 3.63) is 35.9 Å². The Hall–Kier alpha value is -1.78. The Morgan fingerprint density at radius 3 is 2.45 bits per heavy atom. The van der Waals surface area contributed by atoms with E-state index in [-0.39, 0.29) is 30.6 Å². The number of benzene rings is 1. The lowest BCUT2D eigenvalue weighted by Crippen LogP contribution is -2.44. The van der Waals surface area contributed by atoms with E-state index >= 15 is 0 Å². The fourth-order valence-corrected chi connectivity index (χ4v) is 5.33. The molecule has 0 radical (unpaired) electrons. The second-order valence-corrected chi connectivity index (χ2v) is 10.3. The van der Waals surface area contributed by atoms with Gasteiger partial charge in [-0.1, -0.05) is 63.4 Å². The normalized spacial score (nSPS) is 17.2. The highest BCUT2D eigenvalue weighted by atomic mass is 31.1. The van der Waals surface area contributed by atoms with Gasteiger partial charge in [0.05, 0.1) is 6.04 Å². The van der Waals surface area contributed by atoms with Gasteiger partial charge in [-0.3, -0.25) is 9.59 Å². The largest absolute Gasteiger partial charge is 0.509 e. The summed E-state index contributed by atoms with van der Waals surface area (Å²) >= 11 is 0. The molecule has 0 spiro atoms. The molecule has 7 heteroatoms. The molecule has 3 unspecified atom stereocenters. The quantitative estimate of drug-likeness (QED) is 0.404. The van der Waals surface area contributed by atoms with Gasteiger partial charge in [0.2, 0.25) is 5.91 Å². The first-order valence-corrected chi connectivity index (χ1v) is 12.8. The van der Waals surface area contributed by atoms with Crippen LogP contribution in [0.5, 0.6) is 0 Å². The molecule has 2 rings (SSSR count). The summed E-state index contributed by atoms with van der Waals surface area (Å²) in [7, 11) is -2.09. The summed E-state index contributed by atoms with van der Waals surface area (Å²) in [5.41, 5.74) is 1.12. The van der Waals surface area contributed by atoms with Gasteiger partial charge < -0.3 is 10.4 Å². The molecule has 3 atom stereocenters. The van der Waals surface area contributed by atoms with E-state index in [1.807, 2.05) is 44.2 Å². The zero-order valence-electron chi connectivity index (χ0n) is 18.8. The Bertz CT molecular complexity index is 703. The van der Waals surface area contributed by atoms with E-state index in [1.54, 1.807) is 0 Å². The van der Waals surface area contributed by atoms with Gasteiger partial charge in [0.25, 0.3) is 0 Å². The van der Waals surface area contributed by atoms with Gasteiger partial charge in [-0.05, 0) is 47.6 Å². The first-order chi connectivity index (χ1) is 14.8. The Balaban J connectivity index is 1.89. The van der Waals surface area contributed by atoms with Crippen molar-refractivity contribution in [1.29, 1.82) is 0 Å². The summed E-state index contributed by atoms with van der Waals surface area (Å²) in [4.78, 5) is 24.0. The lowest BCUT2D eigenvalue weighted by atomic mass is 9.84. The minimum absolute atomic E-state index is 0.0161. The number of aliphatic carboxylic acids is 1. The molecular weight excluding hydrogens is 413 g/mol. The fourth-order valence-electron chi connectivity index (χ4n) is 4.23. The molecule has 0 bridgehead atoms. The van der Waals surface area contributed by atoms with Crippen molar-refractivity contribution >= 4 is 19.9 Å². The zero-order chi connectivity index (χ0) is 22.6. The number of carboxylic acids is 1. The maximum atomic E-state index is 12.6. The van der Waals surface area contributed by atoms with Gasteiger partial charge in [0.1, 0.15) is 12.5 Å². The second-order valence-electron chi connectivity index (χ2n) is 9.03. The van der Waals surface area contributed by atoms with Crippen LogP contribution in [0.15, 0.2) is 30.3 Å². The van der Waals surface area contributed by atoms with E-state index in [0.29, 0.717) is 25.2 Å². The predicted molar refractivity (Wildman–Crippen MR) is 122 cm³/mol. The van der Waals surface area contributed by atoms with Crippen molar-refractivity contribution in [1.82, 2.24) is 5.32 Å². The summed E-state index contributed by atoms with van der Waals surface area (Å²) in [6.45, 7) is 4.08. The third-order valence-electron chi connectivity index (χ3n) is 5.92. The summed E-state index contributed by atoms with van der Waals surface area (Å²) in [6, 6.07) is 9.72. The van der Waals surface area contributed by atoms with Crippen LogP contribution < -0.4 is 5.32 Å². The van der Waals surface area contributed by atoms with Gasteiger partial charge in [0.15, 0.2) is 6.16 Å². The molecule has 1 aliphatic rings. The molecule has 172 valence electrons. The number of hydrogen-bond donors (Lipinski definition) is 2. The van der Waals surface area contributed by atoms with Crippen LogP contribution >= 0.6 is 8.03 Å². The van der Waals surface area contributed by atoms with Crippen LogP contribution in [-0.4, -0.2) is 35.8 Å². The molecule has 2 N–H and O–H groups in total. The molecule has 1 aliphatic carbocycles. The van der Waals surface area contributed by atoms with E-state index < -0.39 is 19.9 Å². The minimum Gasteiger partial charge on any atom is -0.481 e. The highest BCUT2D eigenvalue weighted by Crippen LogP contribution is 2.32. The van der Waals surface area contributed by atoms with E-state index in [4.69, 9.17) is 4.52 Å². The number of rotatable bonds is 13. The Labute approximate surface area is 187 Å². The average molecular weight is 451 g/mol. The van der Waals surface area contributed by atoms with Crippen LogP contribution in [0.1, 0.15) is 64.4 Å². The number of carbonyl (C=O) groups is 2. The standard InChI is InChI=1S/C24H36NO5P/c1-18(2)15-21(24(27)28)17-31(29)30-16-22(20-11-7-4-8-12-20)25-23(26)14-13-19-9-5-3-6-10-19/h3,5-6,9-10,18,20-22H,4,7-8,11-17H2,1-2H3,(H-,25,26,27,28)/p+1. The lowest BCUT2D eigenvalue weighted by molar-refractivity contribution is -0.141. The van der Waals surface area contributed by atoms with Crippen LogP contribution in [0, 0.1) is 17.8 Å². The van der Waals surface area contributed by atoms with E-state index in [1.165, 1.54) is 6.42 Å². The molecule has 1 aromatic rings. The molecule has 31 heavy (non-hydrogen) atoms. The van der Waals surface area contributed by atoms with Crippen molar-refractivity contribution < 1.29 is 23.8 Å². The smallest absolute Gasteiger partial charge is 0.481 e. The third-order valence-corrected chi connectivity index (χ3v) is 7.10. The Morgan fingerprint density at radius 2 is 1.84 bits per heavy atom. The van der Waals surface area contributed by atoms with Crippen molar-refractivity contribution in [3.63, 3.8) is 0 Å². The molecule has 1 aromatic carbocycles. The molecule has 0 aromatic heterocycles. The molecule has 0 aliphatic heterocycles. The molecule has 6 nitrogen and oxygen atoms in total. The monoisotopic (exact) mass is 450 g/mol. The Kier molecular flexibility index (Phi) is 11.2. The third kappa shape index (κ3) is 9.92. The fraction of sp³-hybridized carbons (Fsp3) is 0.667. The maximum absolute atomic E-state index is 12.6. The topological polar surface area (TPSA) is 92.7 Å². The molecule has 0 saturated heterocycles. The van der Waals surface area contributed by atoms with Gasteiger partial charge in [-0.2, -0.15) is 0 Å². The number of nitrogens with one attached hydrogen (secondary N) is 1. The summed E-state index contributed by atoms with van der Waals surface area (Å²) in [5.74, 6) is -1.11. The number of amides is 1. The second kappa shape index (κ2) is 13.6. The van der Waals surface area contributed by atoms with Crippen molar-refractivity contribution in [3.8, 4) is 0 Å². The van der Waals surface area contributed by atoms with E-state index in [0.717, 1.165) is 31.2 Å². The van der Waals surface area contributed by atoms with E-state index in [9.17, 15) is 19.3 Å². The molecule has 0 heterocycles. The van der Waals surface area contributed by atoms with Crippen LogP contribution in [0.25, 0.3) is 0 Å². The van der Waals surface area contributed by atoms with Crippen molar-refractivity contribution in [2.45, 2.75) is 71.3 Å². The van der Waals surface area contributed by atoms with Crippen LogP contribution in [0.4, 0.5) is 0 Å². The molecular formula is C24H37NO5P+. The van der Waals surface area contributed by atoms with Gasteiger partial charge >= 0.3 is 14.0 Å². The first-order valence-electron chi connectivity index (χ1n) is 11.5. The maximum Gasteiger partial charge on any atom is 0.509 e. The number of carbonyl (C=O) groups excluding carboxylic acids is 1. The van der Waals surface area contributed by atoms with Crippen LogP contribution in [-0.2, 0) is 25.1 Å². The van der Waals surface area contributed by atoms with Gasteiger partial charge in [-0.25, -0.2) is 0 Å². The van der Waals surface area contributed by atoms with E-state index in [2.05, 4.69) is 5.32 Å². The Morgan fingerprint density at radius 1 is 1.16 bits per heavy atom. The number of carboxylic acid groups (broad SMARTS) is 1. The number of hydrogen-bond acceptors (Lipinski definition) is 4. The van der Waals surface area contributed by atoms with Crippen molar-refractivity contribution in [2.75, 3.05) is 12.8 Å².